The van der Waals surface area contributed by atoms with E-state index in [2.05, 4.69) is 31.5 Å². The molecule has 0 aliphatic heterocycles. The zero-order valence-corrected chi connectivity index (χ0v) is 15.4. The van der Waals surface area contributed by atoms with Crippen LogP contribution in [0.4, 0.5) is 4.39 Å². The highest BCUT2D eigenvalue weighted by molar-refractivity contribution is 9.10. The van der Waals surface area contributed by atoms with Crippen molar-refractivity contribution < 1.29 is 13.9 Å². The molecule has 0 N–H and O–H groups in total. The fraction of sp³-hybridized carbons (Fsp3) is 0.111. The standard InChI is InChI=1S/C18H14BrFN4O2/c1-12-21-22-23-24(12)17(10-13-6-8-15(20)9-7-13)18(25)26-11-14-4-2-3-5-16(14)19/h2-10H,11H2,1H3/b17-10-. The number of aromatic nitrogens is 4. The molecule has 26 heavy (non-hydrogen) atoms. The predicted octanol–water partition coefficient (Wildman–Crippen LogP) is 3.62. The van der Waals surface area contributed by atoms with E-state index in [1.807, 2.05) is 24.3 Å². The molecule has 1 heterocycles. The van der Waals surface area contributed by atoms with E-state index in [9.17, 15) is 9.18 Å². The summed E-state index contributed by atoms with van der Waals surface area (Å²) in [6.07, 6.45) is 1.55. The van der Waals surface area contributed by atoms with Gasteiger partial charge in [-0.15, -0.1) is 5.10 Å². The largest absolute Gasteiger partial charge is 0.456 e. The van der Waals surface area contributed by atoms with Crippen molar-refractivity contribution >= 4 is 33.7 Å². The highest BCUT2D eigenvalue weighted by Crippen LogP contribution is 2.19. The average Bonchev–Trinajstić information content (AvgIpc) is 3.06. The second-order valence-corrected chi connectivity index (χ2v) is 6.24. The van der Waals surface area contributed by atoms with Crippen LogP contribution in [0.25, 0.3) is 11.8 Å². The third-order valence-electron chi connectivity index (χ3n) is 3.55. The summed E-state index contributed by atoms with van der Waals surface area (Å²) in [6.45, 7) is 1.75. The topological polar surface area (TPSA) is 69.9 Å². The normalized spacial score (nSPS) is 11.4. The highest BCUT2D eigenvalue weighted by atomic mass is 79.9. The number of benzene rings is 2. The Bertz CT molecular complexity index is 954. The Morgan fingerprint density at radius 1 is 1.23 bits per heavy atom. The molecule has 0 aliphatic rings. The smallest absolute Gasteiger partial charge is 0.357 e. The van der Waals surface area contributed by atoms with Crippen molar-refractivity contribution in [2.75, 3.05) is 0 Å². The minimum atomic E-state index is -0.597. The SMILES string of the molecule is Cc1nnnn1/C(=C\c1ccc(F)cc1)C(=O)OCc1ccccc1Br. The summed E-state index contributed by atoms with van der Waals surface area (Å²) in [7, 11) is 0. The minimum absolute atomic E-state index is 0.0855. The van der Waals surface area contributed by atoms with Gasteiger partial charge in [0.2, 0.25) is 0 Å². The van der Waals surface area contributed by atoms with Gasteiger partial charge in [-0.1, -0.05) is 46.3 Å². The molecule has 0 unspecified atom stereocenters. The van der Waals surface area contributed by atoms with E-state index in [0.29, 0.717) is 11.4 Å². The number of hydrogen-bond acceptors (Lipinski definition) is 5. The van der Waals surface area contributed by atoms with Crippen molar-refractivity contribution in [1.29, 1.82) is 0 Å². The van der Waals surface area contributed by atoms with Crippen LogP contribution in [0.15, 0.2) is 53.0 Å². The van der Waals surface area contributed by atoms with Gasteiger partial charge < -0.3 is 4.74 Å². The zero-order valence-electron chi connectivity index (χ0n) is 13.8. The molecular formula is C18H14BrFN4O2. The number of rotatable bonds is 5. The maximum absolute atomic E-state index is 13.1. The van der Waals surface area contributed by atoms with Crippen LogP contribution >= 0.6 is 15.9 Å². The van der Waals surface area contributed by atoms with Crippen LogP contribution in [0.2, 0.25) is 0 Å². The second kappa shape index (κ2) is 8.01. The summed E-state index contributed by atoms with van der Waals surface area (Å²) in [6, 6.07) is 13.2. The number of carbonyl (C=O) groups excluding carboxylic acids is 1. The molecule has 3 aromatic rings. The van der Waals surface area contributed by atoms with Gasteiger partial charge in [-0.05, 0) is 47.2 Å². The lowest BCUT2D eigenvalue weighted by Gasteiger charge is -2.10. The lowest BCUT2D eigenvalue weighted by atomic mass is 10.2. The van der Waals surface area contributed by atoms with Crippen molar-refractivity contribution in [2.24, 2.45) is 0 Å². The van der Waals surface area contributed by atoms with Crippen molar-refractivity contribution in [3.05, 3.63) is 75.8 Å². The molecule has 3 rings (SSSR count). The molecule has 0 spiro atoms. The number of nitrogens with zero attached hydrogens (tertiary/aromatic N) is 4. The Morgan fingerprint density at radius 3 is 2.62 bits per heavy atom. The predicted molar refractivity (Wildman–Crippen MR) is 97.1 cm³/mol. The van der Waals surface area contributed by atoms with Crippen LogP contribution in [0.1, 0.15) is 17.0 Å². The van der Waals surface area contributed by atoms with Gasteiger partial charge in [-0.2, -0.15) is 4.68 Å². The third-order valence-corrected chi connectivity index (χ3v) is 4.33. The monoisotopic (exact) mass is 416 g/mol. The number of halogens is 2. The van der Waals surface area contributed by atoms with E-state index >= 15 is 0 Å². The quantitative estimate of drug-likeness (QED) is 0.469. The molecule has 0 atom stereocenters. The maximum Gasteiger partial charge on any atom is 0.357 e. The van der Waals surface area contributed by atoms with E-state index in [4.69, 9.17) is 4.74 Å². The van der Waals surface area contributed by atoms with Crippen LogP contribution < -0.4 is 0 Å². The zero-order chi connectivity index (χ0) is 18.5. The number of esters is 1. The van der Waals surface area contributed by atoms with Gasteiger partial charge >= 0.3 is 5.97 Å². The first kappa shape index (κ1) is 17.9. The van der Waals surface area contributed by atoms with Gasteiger partial charge in [0.15, 0.2) is 11.5 Å². The van der Waals surface area contributed by atoms with Crippen LogP contribution in [-0.2, 0) is 16.1 Å². The molecule has 1 aromatic heterocycles. The summed E-state index contributed by atoms with van der Waals surface area (Å²) < 4.78 is 20.7. The van der Waals surface area contributed by atoms with E-state index in [-0.39, 0.29) is 18.1 Å². The Kier molecular flexibility index (Phi) is 5.52. The van der Waals surface area contributed by atoms with Gasteiger partial charge in [0.05, 0.1) is 0 Å². The molecule has 0 aliphatic carbocycles. The summed E-state index contributed by atoms with van der Waals surface area (Å²) in [5, 5.41) is 11.2. The van der Waals surface area contributed by atoms with Crippen LogP contribution in [-0.4, -0.2) is 26.2 Å². The summed E-state index contributed by atoms with van der Waals surface area (Å²) in [5.74, 6) is -0.532. The van der Waals surface area contributed by atoms with Crippen molar-refractivity contribution in [2.45, 2.75) is 13.5 Å². The lowest BCUT2D eigenvalue weighted by Crippen LogP contribution is -2.15. The van der Waals surface area contributed by atoms with Gasteiger partial charge in [0, 0.05) is 10.0 Å². The third kappa shape index (κ3) is 4.20. The first-order chi connectivity index (χ1) is 12.5. The van der Waals surface area contributed by atoms with Crippen LogP contribution in [0.5, 0.6) is 0 Å². The highest BCUT2D eigenvalue weighted by Gasteiger charge is 2.18. The fourth-order valence-electron chi connectivity index (χ4n) is 2.21. The maximum atomic E-state index is 13.1. The number of ether oxygens (including phenoxy) is 1. The Balaban J connectivity index is 1.88. The summed E-state index contributed by atoms with van der Waals surface area (Å²) in [4.78, 5) is 12.7. The Morgan fingerprint density at radius 2 is 1.96 bits per heavy atom. The molecule has 6 nitrogen and oxygen atoms in total. The molecule has 132 valence electrons. The first-order valence-corrected chi connectivity index (χ1v) is 8.47. The van der Waals surface area contributed by atoms with Crippen LogP contribution in [0, 0.1) is 12.7 Å². The first-order valence-electron chi connectivity index (χ1n) is 7.68. The van der Waals surface area contributed by atoms with E-state index in [1.54, 1.807) is 25.1 Å². The van der Waals surface area contributed by atoms with E-state index in [0.717, 1.165) is 10.0 Å². The van der Waals surface area contributed by atoms with E-state index < -0.39 is 5.97 Å². The molecule has 8 heteroatoms. The number of aryl methyl sites for hydroxylation is 1. The Labute approximate surface area is 157 Å². The Hall–Kier alpha value is -2.87. The number of tetrazole rings is 1. The average molecular weight is 417 g/mol. The molecular weight excluding hydrogens is 403 g/mol. The minimum Gasteiger partial charge on any atom is -0.456 e. The molecule has 0 radical (unpaired) electrons. The molecule has 0 saturated carbocycles. The number of carbonyl (C=O) groups is 1. The molecule has 0 amide bonds. The van der Waals surface area contributed by atoms with Gasteiger partial charge in [0.25, 0.3) is 0 Å². The van der Waals surface area contributed by atoms with Crippen LogP contribution in [0.3, 0.4) is 0 Å². The second-order valence-electron chi connectivity index (χ2n) is 5.39. The van der Waals surface area contributed by atoms with Gasteiger partial charge in [-0.25, -0.2) is 9.18 Å². The van der Waals surface area contributed by atoms with Gasteiger partial charge in [-0.3, -0.25) is 0 Å². The lowest BCUT2D eigenvalue weighted by molar-refractivity contribution is -0.138. The molecule has 0 fully saturated rings. The molecule has 2 aromatic carbocycles. The van der Waals surface area contributed by atoms with Crippen molar-refractivity contribution in [3.8, 4) is 0 Å². The molecule has 0 bridgehead atoms. The van der Waals surface area contributed by atoms with Crippen molar-refractivity contribution in [1.82, 2.24) is 20.2 Å². The summed E-state index contributed by atoms with van der Waals surface area (Å²) in [5.41, 5.74) is 1.58. The van der Waals surface area contributed by atoms with Crippen molar-refractivity contribution in [3.63, 3.8) is 0 Å². The number of hydrogen-bond donors (Lipinski definition) is 0. The van der Waals surface area contributed by atoms with Gasteiger partial charge in [0.1, 0.15) is 12.4 Å². The van der Waals surface area contributed by atoms with E-state index in [1.165, 1.54) is 16.8 Å². The summed E-state index contributed by atoms with van der Waals surface area (Å²) >= 11 is 3.42. The fourth-order valence-corrected chi connectivity index (χ4v) is 2.61. The molecule has 0 saturated heterocycles.